The largest absolute Gasteiger partial charge is 0.497 e. The Bertz CT molecular complexity index is 1250. The monoisotopic (exact) mass is 483 g/mol. The summed E-state index contributed by atoms with van der Waals surface area (Å²) < 4.78 is 29.3. The summed E-state index contributed by atoms with van der Waals surface area (Å²) in [5, 5.41) is 17.8. The molecule has 0 N–H and O–H groups in total. The fourth-order valence-corrected chi connectivity index (χ4v) is 4.19. The number of nitrogens with zero attached hydrogens (tertiary/aromatic N) is 5. The normalized spacial score (nSPS) is 10.9. The molecule has 178 valence electrons. The molecular weight excluding hydrogens is 458 g/mol. The lowest BCUT2D eigenvalue weighted by Crippen LogP contribution is -2.00. The third-order valence-electron chi connectivity index (χ3n) is 5.06. The molecule has 34 heavy (non-hydrogen) atoms. The molecule has 0 bridgehead atoms. The van der Waals surface area contributed by atoms with Gasteiger partial charge in [0.2, 0.25) is 11.8 Å². The maximum atomic E-state index is 5.86. The highest BCUT2D eigenvalue weighted by molar-refractivity contribution is 7.98. The summed E-state index contributed by atoms with van der Waals surface area (Å²) in [5.41, 5.74) is 1.60. The van der Waals surface area contributed by atoms with Crippen molar-refractivity contribution >= 4 is 11.8 Å². The lowest BCUT2D eigenvalue weighted by atomic mass is 10.2. The van der Waals surface area contributed by atoms with Crippen molar-refractivity contribution in [3.63, 3.8) is 0 Å². The Morgan fingerprint density at radius 2 is 1.53 bits per heavy atom. The third-order valence-corrected chi connectivity index (χ3v) is 6.02. The van der Waals surface area contributed by atoms with Crippen LogP contribution in [0, 0.1) is 0 Å². The van der Waals surface area contributed by atoms with Crippen LogP contribution in [0.25, 0.3) is 22.8 Å². The molecule has 4 aromatic rings. The number of rotatable bonds is 10. The molecule has 0 aliphatic carbocycles. The molecule has 0 aliphatic heterocycles. The third kappa shape index (κ3) is 4.79. The van der Waals surface area contributed by atoms with E-state index in [1.807, 2.05) is 35.8 Å². The molecule has 0 spiro atoms. The Hall–Kier alpha value is -3.73. The minimum Gasteiger partial charge on any atom is -0.497 e. The number of ether oxygens (including phenoxy) is 4. The van der Waals surface area contributed by atoms with E-state index in [1.165, 1.54) is 11.8 Å². The molecule has 0 amide bonds. The molecule has 2 heterocycles. The summed E-state index contributed by atoms with van der Waals surface area (Å²) in [7, 11) is 6.40. The van der Waals surface area contributed by atoms with Gasteiger partial charge in [0.25, 0.3) is 0 Å². The first-order valence-electron chi connectivity index (χ1n) is 10.4. The van der Waals surface area contributed by atoms with Crippen molar-refractivity contribution in [1.82, 2.24) is 25.0 Å². The molecule has 0 saturated heterocycles. The van der Waals surface area contributed by atoms with Gasteiger partial charge >= 0.3 is 0 Å². The number of hydrogen-bond acceptors (Lipinski definition) is 10. The van der Waals surface area contributed by atoms with Crippen molar-refractivity contribution in [3.8, 4) is 45.8 Å². The second-order valence-corrected chi connectivity index (χ2v) is 7.95. The number of thioether (sulfide) groups is 1. The van der Waals surface area contributed by atoms with E-state index in [-0.39, 0.29) is 0 Å². The van der Waals surface area contributed by atoms with Gasteiger partial charge in [0.05, 0.1) is 34.2 Å². The van der Waals surface area contributed by atoms with Crippen LogP contribution in [0.2, 0.25) is 0 Å². The fraction of sp³-hybridized carbons (Fsp3) is 0.304. The van der Waals surface area contributed by atoms with E-state index in [9.17, 15) is 0 Å². The molecule has 0 radical (unpaired) electrons. The van der Waals surface area contributed by atoms with Crippen molar-refractivity contribution in [2.24, 2.45) is 0 Å². The maximum Gasteiger partial charge on any atom is 0.247 e. The SMILES string of the molecule is CCn1c(SCc2nnc(-c3ccc(OC)c(OC)c3)o2)nnc1-c1cc(OC)cc(OC)c1. The number of aromatic nitrogens is 5. The fourth-order valence-electron chi connectivity index (χ4n) is 3.35. The molecule has 0 saturated carbocycles. The van der Waals surface area contributed by atoms with Gasteiger partial charge in [0, 0.05) is 23.7 Å². The van der Waals surface area contributed by atoms with Crippen molar-refractivity contribution in [3.05, 3.63) is 42.3 Å². The van der Waals surface area contributed by atoms with E-state index in [1.54, 1.807) is 40.6 Å². The number of hydrogen-bond donors (Lipinski definition) is 0. The second kappa shape index (κ2) is 10.5. The van der Waals surface area contributed by atoms with E-state index in [4.69, 9.17) is 23.4 Å². The van der Waals surface area contributed by atoms with Crippen LogP contribution in [0.15, 0.2) is 46.0 Å². The summed E-state index contributed by atoms with van der Waals surface area (Å²) in [6, 6.07) is 11.1. The highest BCUT2D eigenvalue weighted by Gasteiger charge is 2.17. The van der Waals surface area contributed by atoms with Gasteiger partial charge in [-0.3, -0.25) is 0 Å². The lowest BCUT2D eigenvalue weighted by Gasteiger charge is -2.10. The summed E-state index contributed by atoms with van der Waals surface area (Å²) in [6.07, 6.45) is 0. The van der Waals surface area contributed by atoms with Crippen LogP contribution in [-0.4, -0.2) is 53.4 Å². The van der Waals surface area contributed by atoms with Crippen LogP contribution in [0.1, 0.15) is 12.8 Å². The zero-order valence-corrected chi connectivity index (χ0v) is 20.4. The Morgan fingerprint density at radius 3 is 2.18 bits per heavy atom. The minimum absolute atomic E-state index is 0.401. The zero-order chi connectivity index (χ0) is 24.1. The topological polar surface area (TPSA) is 107 Å². The molecule has 4 rings (SSSR count). The quantitative estimate of drug-likeness (QED) is 0.302. The van der Waals surface area contributed by atoms with Gasteiger partial charge in [-0.25, -0.2) is 0 Å². The minimum atomic E-state index is 0.401. The Balaban J connectivity index is 1.53. The smallest absolute Gasteiger partial charge is 0.247 e. The van der Waals surface area contributed by atoms with Gasteiger partial charge in [-0.2, -0.15) is 0 Å². The van der Waals surface area contributed by atoms with E-state index in [2.05, 4.69) is 20.4 Å². The van der Waals surface area contributed by atoms with Gasteiger partial charge in [0.1, 0.15) is 11.5 Å². The van der Waals surface area contributed by atoms with Crippen LogP contribution < -0.4 is 18.9 Å². The Kier molecular flexibility index (Phi) is 7.21. The van der Waals surface area contributed by atoms with E-state index in [0.717, 1.165) is 22.1 Å². The highest BCUT2D eigenvalue weighted by Crippen LogP contribution is 2.33. The average Bonchev–Trinajstić information content (AvgIpc) is 3.53. The molecular formula is C23H25N5O5S. The van der Waals surface area contributed by atoms with Gasteiger partial charge < -0.3 is 27.9 Å². The summed E-state index contributed by atoms with van der Waals surface area (Å²) in [6.45, 7) is 2.72. The van der Waals surface area contributed by atoms with Gasteiger partial charge in [-0.1, -0.05) is 11.8 Å². The standard InChI is InChI=1S/C23H25N5O5S/c1-6-28-21(15-9-16(29-2)12-17(10-15)30-3)25-27-23(28)34-13-20-24-26-22(33-20)14-7-8-18(31-4)19(11-14)32-5/h7-12H,6,13H2,1-5H3. The van der Waals surface area contributed by atoms with Gasteiger partial charge in [-0.05, 0) is 37.3 Å². The van der Waals surface area contributed by atoms with Crippen molar-refractivity contribution < 1.29 is 23.4 Å². The predicted octanol–water partition coefficient (Wildman–Crippen LogP) is 4.34. The van der Waals surface area contributed by atoms with E-state index in [0.29, 0.717) is 47.1 Å². The zero-order valence-electron chi connectivity index (χ0n) is 19.6. The van der Waals surface area contributed by atoms with Gasteiger partial charge in [0.15, 0.2) is 22.5 Å². The van der Waals surface area contributed by atoms with Crippen molar-refractivity contribution in [2.45, 2.75) is 24.4 Å². The second-order valence-electron chi connectivity index (χ2n) is 7.01. The average molecular weight is 484 g/mol. The number of methoxy groups -OCH3 is 4. The molecule has 2 aromatic carbocycles. The van der Waals surface area contributed by atoms with Crippen molar-refractivity contribution in [2.75, 3.05) is 28.4 Å². The summed E-state index contributed by atoms with van der Waals surface area (Å²) in [5.74, 6) is 4.63. The van der Waals surface area contributed by atoms with Crippen LogP contribution in [0.4, 0.5) is 0 Å². The molecule has 10 nitrogen and oxygen atoms in total. The molecule has 0 fully saturated rings. The lowest BCUT2D eigenvalue weighted by molar-refractivity contribution is 0.355. The summed E-state index contributed by atoms with van der Waals surface area (Å²) in [4.78, 5) is 0. The molecule has 0 aliphatic rings. The van der Waals surface area contributed by atoms with Crippen LogP contribution in [-0.2, 0) is 12.3 Å². The van der Waals surface area contributed by atoms with Crippen LogP contribution >= 0.6 is 11.8 Å². The first-order chi connectivity index (χ1) is 16.6. The van der Waals surface area contributed by atoms with Crippen LogP contribution in [0.5, 0.6) is 23.0 Å². The highest BCUT2D eigenvalue weighted by atomic mass is 32.2. The first kappa shape index (κ1) is 23.4. The number of benzene rings is 2. The van der Waals surface area contributed by atoms with Gasteiger partial charge in [-0.15, -0.1) is 20.4 Å². The Morgan fingerprint density at radius 1 is 0.794 bits per heavy atom. The molecule has 2 aromatic heterocycles. The van der Waals surface area contributed by atoms with E-state index < -0.39 is 0 Å². The van der Waals surface area contributed by atoms with E-state index >= 15 is 0 Å². The first-order valence-corrected chi connectivity index (χ1v) is 11.4. The molecule has 0 unspecified atom stereocenters. The maximum absolute atomic E-state index is 5.86. The predicted molar refractivity (Wildman–Crippen MR) is 127 cm³/mol. The van der Waals surface area contributed by atoms with Crippen molar-refractivity contribution in [1.29, 1.82) is 0 Å². The van der Waals surface area contributed by atoms with Crippen LogP contribution in [0.3, 0.4) is 0 Å². The molecule has 0 atom stereocenters. The Labute approximate surface area is 201 Å². The summed E-state index contributed by atoms with van der Waals surface area (Å²) >= 11 is 1.47. The molecule has 11 heteroatoms.